The Morgan fingerprint density at radius 3 is 2.68 bits per heavy atom. The highest BCUT2D eigenvalue weighted by Gasteiger charge is 2.23. The van der Waals surface area contributed by atoms with Crippen LogP contribution in [0.25, 0.3) is 0 Å². The first kappa shape index (κ1) is 15.7. The van der Waals surface area contributed by atoms with E-state index >= 15 is 0 Å². The van der Waals surface area contributed by atoms with Crippen LogP contribution in [-0.2, 0) is 31.7 Å². The zero-order valence-corrected chi connectivity index (χ0v) is 12.5. The molecule has 19 heavy (non-hydrogen) atoms. The van der Waals surface area contributed by atoms with Crippen LogP contribution in [0.2, 0.25) is 0 Å². The van der Waals surface area contributed by atoms with Crippen LogP contribution >= 0.6 is 0 Å². The van der Waals surface area contributed by atoms with Gasteiger partial charge < -0.3 is 4.74 Å². The lowest BCUT2D eigenvalue weighted by Gasteiger charge is -2.10. The molecule has 0 N–H and O–H groups in total. The monoisotopic (exact) mass is 288 g/mol. The average Bonchev–Trinajstić information content (AvgIpc) is 2.66. The standard InChI is InChI=1S/C12H20N2O4S/c1-5-14-11(6-10(3)13-14)8-19(16,17)7-9(2)12(15)18-4/h6,9H,5,7-8H2,1-4H3. The van der Waals surface area contributed by atoms with E-state index in [1.807, 2.05) is 13.8 Å². The normalized spacial score (nSPS) is 13.3. The molecule has 1 unspecified atom stereocenters. The van der Waals surface area contributed by atoms with Gasteiger partial charge in [-0.25, -0.2) is 8.42 Å². The molecule has 6 nitrogen and oxygen atoms in total. The molecule has 0 fully saturated rings. The second kappa shape index (κ2) is 6.18. The molecule has 0 aromatic carbocycles. The Labute approximate surface area is 113 Å². The summed E-state index contributed by atoms with van der Waals surface area (Å²) < 4.78 is 30.3. The van der Waals surface area contributed by atoms with Crippen molar-refractivity contribution in [2.75, 3.05) is 12.9 Å². The molecule has 1 aromatic heterocycles. The molecule has 0 amide bonds. The fourth-order valence-corrected chi connectivity index (χ4v) is 3.62. The van der Waals surface area contributed by atoms with Gasteiger partial charge in [-0.15, -0.1) is 0 Å². The fourth-order valence-electron chi connectivity index (χ4n) is 1.92. The first-order chi connectivity index (χ1) is 8.79. The van der Waals surface area contributed by atoms with Gasteiger partial charge in [-0.2, -0.15) is 5.10 Å². The molecule has 0 aliphatic carbocycles. The van der Waals surface area contributed by atoms with Gasteiger partial charge in [0.1, 0.15) is 0 Å². The first-order valence-corrected chi connectivity index (χ1v) is 7.92. The molecule has 7 heteroatoms. The van der Waals surface area contributed by atoms with Crippen LogP contribution in [-0.4, -0.2) is 37.0 Å². The summed E-state index contributed by atoms with van der Waals surface area (Å²) in [5, 5.41) is 4.20. The van der Waals surface area contributed by atoms with Gasteiger partial charge in [0.15, 0.2) is 9.84 Å². The summed E-state index contributed by atoms with van der Waals surface area (Å²) in [7, 11) is -2.12. The number of aromatic nitrogens is 2. The summed E-state index contributed by atoms with van der Waals surface area (Å²) in [6, 6.07) is 1.75. The Bertz CT molecular complexity index is 548. The molecule has 0 bridgehead atoms. The van der Waals surface area contributed by atoms with Gasteiger partial charge in [0.05, 0.1) is 35.9 Å². The maximum Gasteiger partial charge on any atom is 0.309 e. The molecule has 0 spiro atoms. The van der Waals surface area contributed by atoms with Crippen molar-refractivity contribution in [3.63, 3.8) is 0 Å². The van der Waals surface area contributed by atoms with E-state index in [0.29, 0.717) is 12.2 Å². The van der Waals surface area contributed by atoms with Crippen molar-refractivity contribution in [1.29, 1.82) is 0 Å². The quantitative estimate of drug-likeness (QED) is 0.728. The summed E-state index contributed by atoms with van der Waals surface area (Å²) >= 11 is 0. The lowest BCUT2D eigenvalue weighted by molar-refractivity contribution is -0.144. The SMILES string of the molecule is CCn1nc(C)cc1CS(=O)(=O)CC(C)C(=O)OC. The van der Waals surface area contributed by atoms with Gasteiger partial charge in [0, 0.05) is 6.54 Å². The zero-order chi connectivity index (χ0) is 14.6. The fraction of sp³-hybridized carbons (Fsp3) is 0.667. The molecule has 0 aliphatic rings. The maximum atomic E-state index is 12.1. The number of hydrogen-bond acceptors (Lipinski definition) is 5. The maximum absolute atomic E-state index is 12.1. The number of ether oxygens (including phenoxy) is 1. The third kappa shape index (κ3) is 4.34. The molecule has 0 radical (unpaired) electrons. The van der Waals surface area contributed by atoms with E-state index in [-0.39, 0.29) is 11.5 Å². The number of esters is 1. The van der Waals surface area contributed by atoms with Crippen LogP contribution in [0, 0.1) is 12.8 Å². The second-order valence-corrected chi connectivity index (χ2v) is 6.68. The minimum atomic E-state index is -3.37. The van der Waals surface area contributed by atoms with Crippen molar-refractivity contribution < 1.29 is 17.9 Å². The van der Waals surface area contributed by atoms with E-state index in [1.54, 1.807) is 17.7 Å². The summed E-state index contributed by atoms with van der Waals surface area (Å²) in [6.07, 6.45) is 0. The van der Waals surface area contributed by atoms with Crippen LogP contribution in [0.4, 0.5) is 0 Å². The number of carbonyl (C=O) groups excluding carboxylic acids is 1. The molecule has 0 saturated carbocycles. The van der Waals surface area contributed by atoms with Gasteiger partial charge in [0.2, 0.25) is 0 Å². The third-order valence-electron chi connectivity index (χ3n) is 2.76. The molecule has 1 rings (SSSR count). The van der Waals surface area contributed by atoms with Gasteiger partial charge in [-0.05, 0) is 19.9 Å². The Kier molecular flexibility index (Phi) is 5.11. The number of carbonyl (C=O) groups is 1. The number of hydrogen-bond donors (Lipinski definition) is 0. The van der Waals surface area contributed by atoms with Crippen molar-refractivity contribution >= 4 is 15.8 Å². The largest absolute Gasteiger partial charge is 0.469 e. The highest BCUT2D eigenvalue weighted by Crippen LogP contribution is 2.12. The molecular weight excluding hydrogens is 268 g/mol. The van der Waals surface area contributed by atoms with Crippen molar-refractivity contribution in [1.82, 2.24) is 9.78 Å². The average molecular weight is 288 g/mol. The first-order valence-electron chi connectivity index (χ1n) is 6.10. The lowest BCUT2D eigenvalue weighted by atomic mass is 10.2. The molecule has 108 valence electrons. The Morgan fingerprint density at radius 2 is 2.16 bits per heavy atom. The van der Waals surface area contributed by atoms with Gasteiger partial charge >= 0.3 is 5.97 Å². The van der Waals surface area contributed by atoms with Crippen LogP contribution in [0.15, 0.2) is 6.07 Å². The van der Waals surface area contributed by atoms with E-state index < -0.39 is 21.7 Å². The number of methoxy groups -OCH3 is 1. The van der Waals surface area contributed by atoms with Gasteiger partial charge in [-0.1, -0.05) is 6.92 Å². The minimum Gasteiger partial charge on any atom is -0.469 e. The van der Waals surface area contributed by atoms with E-state index in [9.17, 15) is 13.2 Å². The zero-order valence-electron chi connectivity index (χ0n) is 11.7. The highest BCUT2D eigenvalue weighted by atomic mass is 32.2. The number of aryl methyl sites for hydroxylation is 2. The van der Waals surface area contributed by atoms with Crippen molar-refractivity contribution in [2.45, 2.75) is 33.1 Å². The number of sulfone groups is 1. The lowest BCUT2D eigenvalue weighted by Crippen LogP contribution is -2.24. The predicted molar refractivity (Wildman–Crippen MR) is 71.3 cm³/mol. The van der Waals surface area contributed by atoms with Crippen LogP contribution < -0.4 is 0 Å². The molecule has 1 atom stereocenters. The van der Waals surface area contributed by atoms with Gasteiger partial charge in [0.25, 0.3) is 0 Å². The molecule has 1 heterocycles. The Hall–Kier alpha value is -1.37. The van der Waals surface area contributed by atoms with Crippen molar-refractivity contribution in [3.05, 3.63) is 17.5 Å². The number of rotatable bonds is 6. The topological polar surface area (TPSA) is 78.3 Å². The van der Waals surface area contributed by atoms with Crippen molar-refractivity contribution in [3.8, 4) is 0 Å². The summed E-state index contributed by atoms with van der Waals surface area (Å²) in [6.45, 7) is 5.88. The van der Waals surface area contributed by atoms with Crippen LogP contribution in [0.3, 0.4) is 0 Å². The summed E-state index contributed by atoms with van der Waals surface area (Å²) in [5.41, 5.74) is 1.44. The molecule has 1 aromatic rings. The smallest absolute Gasteiger partial charge is 0.309 e. The highest BCUT2D eigenvalue weighted by molar-refractivity contribution is 7.90. The Balaban J connectivity index is 2.82. The van der Waals surface area contributed by atoms with Crippen molar-refractivity contribution in [2.24, 2.45) is 5.92 Å². The minimum absolute atomic E-state index is 0.108. The van der Waals surface area contributed by atoms with Crippen LogP contribution in [0.5, 0.6) is 0 Å². The van der Waals surface area contributed by atoms with E-state index in [2.05, 4.69) is 9.84 Å². The Morgan fingerprint density at radius 1 is 1.53 bits per heavy atom. The second-order valence-electron chi connectivity index (χ2n) is 4.57. The molecule has 0 saturated heterocycles. The molecular formula is C12H20N2O4S. The predicted octanol–water partition coefficient (Wildman–Crippen LogP) is 0.935. The summed E-state index contributed by atoms with van der Waals surface area (Å²) in [4.78, 5) is 11.3. The molecule has 0 aliphatic heterocycles. The van der Waals surface area contributed by atoms with E-state index in [0.717, 1.165) is 5.69 Å². The van der Waals surface area contributed by atoms with Gasteiger partial charge in [-0.3, -0.25) is 9.48 Å². The third-order valence-corrected chi connectivity index (χ3v) is 4.50. The summed E-state index contributed by atoms with van der Waals surface area (Å²) in [5.74, 6) is -1.49. The van der Waals surface area contributed by atoms with Crippen LogP contribution in [0.1, 0.15) is 25.2 Å². The van der Waals surface area contributed by atoms with E-state index in [4.69, 9.17) is 0 Å². The van der Waals surface area contributed by atoms with E-state index in [1.165, 1.54) is 7.11 Å². The number of nitrogens with zero attached hydrogens (tertiary/aromatic N) is 2.